The number of ether oxygens (including phenoxy) is 1. The molecule has 0 saturated carbocycles. The van der Waals surface area contributed by atoms with Gasteiger partial charge in [0.05, 0.1) is 11.9 Å². The number of carbonyl (C=O) groups excluding carboxylic acids is 1. The standard InChI is InChI=1S/C23H32N4O.C16H23N3O/c1-4-8-17-11-13-21(20-10-7-6-9-19(17)20)28-18-12-14-22(24)27(16-18)23(25)26(3)15-5-2;1-11-6-8-13(9-7-11)19-15(18-12(2)20)10-14(17)16(3,4)5/h6-7,9-10,12,14,16-17,21,24-25H,4-5,8,11,13,15H2,1-3H3;6-10H,17H2,1-5H3,(H,18,19,20)/b;14-10-/t17-,21+;/m0./s1. The molecule has 0 saturated heterocycles. The lowest BCUT2D eigenvalue weighted by atomic mass is 9.79. The van der Waals surface area contributed by atoms with Gasteiger partial charge in [-0.15, -0.1) is 0 Å². The largest absolute Gasteiger partial charge is 0.484 e. The Kier molecular flexibility index (Phi) is 13.8. The predicted octanol–water partition coefficient (Wildman–Crippen LogP) is 7.94. The first-order chi connectivity index (χ1) is 22.7. The van der Waals surface area contributed by atoms with E-state index in [1.807, 2.05) is 70.0 Å². The number of aryl methyl sites for hydroxylation is 1. The van der Waals surface area contributed by atoms with E-state index in [-0.39, 0.29) is 22.9 Å². The maximum atomic E-state index is 11.3. The Morgan fingerprint density at radius 3 is 2.33 bits per heavy atom. The maximum Gasteiger partial charge on any atom is 0.222 e. The summed E-state index contributed by atoms with van der Waals surface area (Å²) in [7, 11) is 1.89. The zero-order valence-corrected chi connectivity index (χ0v) is 30.1. The molecule has 9 heteroatoms. The summed E-state index contributed by atoms with van der Waals surface area (Å²) in [6.45, 7) is 14.6. The quantitative estimate of drug-likeness (QED) is 0.145. The number of amides is 1. The molecule has 258 valence electrons. The summed E-state index contributed by atoms with van der Waals surface area (Å²) in [5, 5.41) is 19.3. The fourth-order valence-electron chi connectivity index (χ4n) is 5.52. The second-order valence-electron chi connectivity index (χ2n) is 13.5. The number of allylic oxidation sites excluding steroid dienone is 1. The first kappa shape index (κ1) is 37.8. The molecule has 5 N–H and O–H groups in total. The molecule has 0 unspecified atom stereocenters. The van der Waals surface area contributed by atoms with Crippen LogP contribution in [0.15, 0.2) is 83.6 Å². The monoisotopic (exact) mass is 653 g/mol. The van der Waals surface area contributed by atoms with Gasteiger partial charge in [0.25, 0.3) is 0 Å². The number of amidine groups is 1. The molecule has 1 aliphatic carbocycles. The summed E-state index contributed by atoms with van der Waals surface area (Å²) in [4.78, 5) is 17.5. The van der Waals surface area contributed by atoms with Crippen LogP contribution in [0.3, 0.4) is 0 Å². The van der Waals surface area contributed by atoms with Crippen LogP contribution in [-0.2, 0) is 4.79 Å². The minimum absolute atomic E-state index is 0.0249. The number of pyridine rings is 1. The zero-order valence-electron chi connectivity index (χ0n) is 30.1. The Bertz CT molecular complexity index is 1650. The molecule has 1 aromatic heterocycles. The van der Waals surface area contributed by atoms with Crippen molar-refractivity contribution in [1.29, 1.82) is 10.8 Å². The van der Waals surface area contributed by atoms with E-state index in [0.717, 1.165) is 37.1 Å². The Morgan fingerprint density at radius 1 is 1.06 bits per heavy atom. The summed E-state index contributed by atoms with van der Waals surface area (Å²) in [5.74, 6) is 1.91. The van der Waals surface area contributed by atoms with Gasteiger partial charge in [0, 0.05) is 37.7 Å². The van der Waals surface area contributed by atoms with Crippen molar-refractivity contribution >= 4 is 23.4 Å². The van der Waals surface area contributed by atoms with Crippen LogP contribution < -0.4 is 21.3 Å². The van der Waals surface area contributed by atoms with Gasteiger partial charge in [-0.3, -0.25) is 20.2 Å². The molecular weight excluding hydrogens is 598 g/mol. The van der Waals surface area contributed by atoms with Gasteiger partial charge in [-0.1, -0.05) is 83.0 Å². The minimum Gasteiger partial charge on any atom is -0.484 e. The van der Waals surface area contributed by atoms with Crippen LogP contribution in [0.1, 0.15) is 102 Å². The highest BCUT2D eigenvalue weighted by molar-refractivity contribution is 6.05. The summed E-state index contributed by atoms with van der Waals surface area (Å²) in [5.41, 5.74) is 11.4. The SMILES string of the molecule is CC(=O)NC(/C=C(\N)C(C)(C)C)=Nc1ccc(C)cc1.CCC[C@H]1CC[C@@H](Oc2ccc(=N)n(C(=N)N(C)CCC)c2)c2ccccc21. The average molecular weight is 654 g/mol. The van der Waals surface area contributed by atoms with Gasteiger partial charge in [-0.25, -0.2) is 4.99 Å². The molecule has 1 aliphatic rings. The number of hydrogen-bond acceptors (Lipinski definition) is 6. The lowest BCUT2D eigenvalue weighted by molar-refractivity contribution is -0.117. The van der Waals surface area contributed by atoms with Crippen LogP contribution >= 0.6 is 0 Å². The Labute approximate surface area is 287 Å². The molecule has 0 fully saturated rings. The van der Waals surface area contributed by atoms with E-state index in [0.29, 0.717) is 29.2 Å². The van der Waals surface area contributed by atoms with Crippen LogP contribution in [0.5, 0.6) is 5.75 Å². The Hall–Kier alpha value is -4.66. The molecule has 9 nitrogen and oxygen atoms in total. The number of hydrogen-bond donors (Lipinski definition) is 4. The number of nitrogens with one attached hydrogen (secondary N) is 3. The molecule has 1 heterocycles. The third kappa shape index (κ3) is 11.0. The normalized spacial score (nSPS) is 16.2. The lowest BCUT2D eigenvalue weighted by Gasteiger charge is -2.32. The van der Waals surface area contributed by atoms with E-state index in [1.54, 1.807) is 22.9 Å². The number of rotatable bonds is 8. The van der Waals surface area contributed by atoms with Gasteiger partial charge >= 0.3 is 0 Å². The summed E-state index contributed by atoms with van der Waals surface area (Å²) in [6.07, 6.45) is 9.02. The molecule has 0 bridgehead atoms. The van der Waals surface area contributed by atoms with Gasteiger partial charge < -0.3 is 20.7 Å². The molecule has 2 aromatic carbocycles. The van der Waals surface area contributed by atoms with Crippen LogP contribution in [0.2, 0.25) is 0 Å². The summed E-state index contributed by atoms with van der Waals surface area (Å²) >= 11 is 0. The van der Waals surface area contributed by atoms with E-state index in [9.17, 15) is 4.79 Å². The molecule has 3 aromatic rings. The van der Waals surface area contributed by atoms with Crippen LogP contribution in [0, 0.1) is 23.2 Å². The van der Waals surface area contributed by atoms with E-state index < -0.39 is 0 Å². The summed E-state index contributed by atoms with van der Waals surface area (Å²) in [6, 6.07) is 19.9. The molecule has 4 rings (SSSR count). The fourth-order valence-corrected chi connectivity index (χ4v) is 5.52. The van der Waals surface area contributed by atoms with Gasteiger partial charge in [0.15, 0.2) is 0 Å². The van der Waals surface area contributed by atoms with Gasteiger partial charge in [0.1, 0.15) is 23.2 Å². The van der Waals surface area contributed by atoms with E-state index >= 15 is 0 Å². The van der Waals surface area contributed by atoms with E-state index in [1.165, 1.54) is 30.9 Å². The van der Waals surface area contributed by atoms with Crippen molar-refractivity contribution in [2.75, 3.05) is 13.6 Å². The maximum absolute atomic E-state index is 11.3. The number of benzene rings is 2. The van der Waals surface area contributed by atoms with Crippen molar-refractivity contribution in [3.63, 3.8) is 0 Å². The molecule has 0 radical (unpaired) electrons. The van der Waals surface area contributed by atoms with Gasteiger partial charge in [-0.2, -0.15) is 0 Å². The van der Waals surface area contributed by atoms with Crippen molar-refractivity contribution in [1.82, 2.24) is 14.8 Å². The number of aliphatic imine (C=N–C) groups is 1. The highest BCUT2D eigenvalue weighted by Gasteiger charge is 2.28. The van der Waals surface area contributed by atoms with Gasteiger partial charge in [0.2, 0.25) is 11.9 Å². The molecule has 1 amide bonds. The van der Waals surface area contributed by atoms with Crippen molar-refractivity contribution < 1.29 is 9.53 Å². The second-order valence-corrected chi connectivity index (χ2v) is 13.5. The van der Waals surface area contributed by atoms with Crippen molar-refractivity contribution in [2.24, 2.45) is 16.1 Å². The number of fused-ring (bicyclic) bond motifs is 1. The average Bonchev–Trinajstić information content (AvgIpc) is 3.03. The predicted molar refractivity (Wildman–Crippen MR) is 197 cm³/mol. The van der Waals surface area contributed by atoms with Crippen LogP contribution in [0.25, 0.3) is 0 Å². The number of nitrogens with two attached hydrogens (primary N) is 1. The minimum atomic E-state index is -0.174. The van der Waals surface area contributed by atoms with Crippen molar-refractivity contribution in [3.05, 3.63) is 101 Å². The smallest absolute Gasteiger partial charge is 0.222 e. The number of nitrogens with zero attached hydrogens (tertiary/aromatic N) is 3. The molecule has 0 spiro atoms. The lowest BCUT2D eigenvalue weighted by Crippen LogP contribution is -2.38. The molecule has 48 heavy (non-hydrogen) atoms. The van der Waals surface area contributed by atoms with E-state index in [2.05, 4.69) is 48.4 Å². The number of aromatic nitrogens is 1. The molecular formula is C39H55N7O2. The summed E-state index contributed by atoms with van der Waals surface area (Å²) < 4.78 is 7.96. The highest BCUT2D eigenvalue weighted by atomic mass is 16.5. The van der Waals surface area contributed by atoms with E-state index in [4.69, 9.17) is 21.3 Å². The fraction of sp³-hybridized carbons (Fsp3) is 0.436. The zero-order chi connectivity index (χ0) is 35.4. The molecule has 0 aliphatic heterocycles. The van der Waals surface area contributed by atoms with Crippen LogP contribution in [-0.4, -0.2) is 40.8 Å². The van der Waals surface area contributed by atoms with Crippen LogP contribution in [0.4, 0.5) is 5.69 Å². The van der Waals surface area contributed by atoms with Crippen molar-refractivity contribution in [3.8, 4) is 5.75 Å². The second kappa shape index (κ2) is 17.5. The third-order valence-electron chi connectivity index (χ3n) is 8.29. The topological polar surface area (TPSA) is 133 Å². The Morgan fingerprint density at radius 2 is 1.73 bits per heavy atom. The third-order valence-corrected chi connectivity index (χ3v) is 8.29. The first-order valence-corrected chi connectivity index (χ1v) is 17.0. The molecule has 2 atom stereocenters. The first-order valence-electron chi connectivity index (χ1n) is 17.0. The Balaban J connectivity index is 0.000000277. The number of carbonyl (C=O) groups is 1. The van der Waals surface area contributed by atoms with Gasteiger partial charge in [-0.05, 0) is 73.9 Å². The highest BCUT2D eigenvalue weighted by Crippen LogP contribution is 2.41. The van der Waals surface area contributed by atoms with Crippen molar-refractivity contribution in [2.45, 2.75) is 92.6 Å².